The summed E-state index contributed by atoms with van der Waals surface area (Å²) in [5.41, 5.74) is 2.86. The van der Waals surface area contributed by atoms with E-state index in [9.17, 15) is 4.79 Å². The van der Waals surface area contributed by atoms with Crippen LogP contribution >= 0.6 is 0 Å². The zero-order valence-corrected chi connectivity index (χ0v) is 13.8. The van der Waals surface area contributed by atoms with Gasteiger partial charge in [0.15, 0.2) is 11.2 Å². The van der Waals surface area contributed by atoms with Crippen LogP contribution in [0.15, 0.2) is 65.3 Å². The van der Waals surface area contributed by atoms with Crippen LogP contribution in [0.1, 0.15) is 5.56 Å². The predicted octanol–water partition coefficient (Wildman–Crippen LogP) is 4.20. The summed E-state index contributed by atoms with van der Waals surface area (Å²) < 4.78 is 10.9. The number of fused-ring (bicyclic) bond motifs is 1. The molecule has 0 radical (unpaired) electrons. The van der Waals surface area contributed by atoms with Gasteiger partial charge in [-0.15, -0.1) is 0 Å². The smallest absolute Gasteiger partial charge is 0.418 e. The van der Waals surface area contributed by atoms with Gasteiger partial charge in [-0.1, -0.05) is 17.7 Å². The van der Waals surface area contributed by atoms with Crippen molar-refractivity contribution >= 4 is 23.1 Å². The van der Waals surface area contributed by atoms with Crippen molar-refractivity contribution < 1.29 is 13.9 Å². The first-order valence-corrected chi connectivity index (χ1v) is 7.91. The molecule has 0 atom stereocenters. The molecule has 0 unspecified atom stereocenters. The molecule has 1 aromatic carbocycles. The lowest BCUT2D eigenvalue weighted by atomic mass is 10.2. The fraction of sp³-hybridized carbons (Fsp3) is 0.0526. The molecule has 3 heterocycles. The lowest BCUT2D eigenvalue weighted by molar-refractivity contribution is 0.215. The Kier molecular flexibility index (Phi) is 4.03. The lowest BCUT2D eigenvalue weighted by Crippen LogP contribution is -2.17. The van der Waals surface area contributed by atoms with Gasteiger partial charge in [0.25, 0.3) is 0 Å². The summed E-state index contributed by atoms with van der Waals surface area (Å²) >= 11 is 0. The van der Waals surface area contributed by atoms with Crippen molar-refractivity contribution in [3.05, 3.63) is 66.5 Å². The van der Waals surface area contributed by atoms with Gasteiger partial charge in [0.2, 0.25) is 5.89 Å². The van der Waals surface area contributed by atoms with E-state index in [4.69, 9.17) is 9.15 Å². The lowest BCUT2D eigenvalue weighted by Gasteiger charge is -2.06. The number of carbonyl (C=O) groups excluding carboxylic acids is 1. The molecule has 26 heavy (non-hydrogen) atoms. The highest BCUT2D eigenvalue weighted by atomic mass is 16.6. The molecule has 0 aliphatic heterocycles. The second-order valence-corrected chi connectivity index (χ2v) is 5.60. The third-order valence-corrected chi connectivity index (χ3v) is 3.63. The molecule has 0 saturated heterocycles. The number of nitrogens with zero attached hydrogens (tertiary/aromatic N) is 3. The van der Waals surface area contributed by atoms with E-state index in [2.05, 4.69) is 20.3 Å². The summed E-state index contributed by atoms with van der Waals surface area (Å²) in [7, 11) is 0. The molecular formula is C19H14N4O3. The molecule has 0 aliphatic rings. The Morgan fingerprint density at radius 1 is 1.08 bits per heavy atom. The van der Waals surface area contributed by atoms with Crippen LogP contribution < -0.4 is 10.1 Å². The number of pyridine rings is 2. The van der Waals surface area contributed by atoms with Crippen LogP contribution in [0.2, 0.25) is 0 Å². The Labute approximate surface area is 148 Å². The average Bonchev–Trinajstić information content (AvgIpc) is 3.08. The highest BCUT2D eigenvalue weighted by molar-refractivity contribution is 5.86. The first kappa shape index (κ1) is 15.8. The Morgan fingerprint density at radius 3 is 2.73 bits per heavy atom. The fourth-order valence-electron chi connectivity index (χ4n) is 2.37. The normalized spacial score (nSPS) is 10.7. The Morgan fingerprint density at radius 2 is 1.92 bits per heavy atom. The van der Waals surface area contributed by atoms with Crippen molar-refractivity contribution in [2.75, 3.05) is 5.32 Å². The minimum absolute atomic E-state index is 0.329. The molecule has 4 rings (SSSR count). The molecular weight excluding hydrogens is 332 g/mol. The third-order valence-electron chi connectivity index (χ3n) is 3.63. The monoisotopic (exact) mass is 346 g/mol. The van der Waals surface area contributed by atoms with E-state index in [0.29, 0.717) is 34.3 Å². The molecule has 0 saturated carbocycles. The van der Waals surface area contributed by atoms with Crippen LogP contribution in [0.25, 0.3) is 22.7 Å². The van der Waals surface area contributed by atoms with Crippen molar-refractivity contribution in [1.82, 2.24) is 15.0 Å². The standard InChI is InChI=1S/C19H14N4O3/c1-12-4-6-14(7-5-12)25-19(24)22-16-11-13(8-10-20-16)18-23-17-15(26-18)3-2-9-21-17/h2-11H,1H3,(H,20,22,24). The summed E-state index contributed by atoms with van der Waals surface area (Å²) in [4.78, 5) is 24.6. The highest BCUT2D eigenvalue weighted by Gasteiger charge is 2.11. The summed E-state index contributed by atoms with van der Waals surface area (Å²) in [6, 6.07) is 14.1. The molecule has 128 valence electrons. The number of oxazole rings is 1. The van der Waals surface area contributed by atoms with Crippen LogP contribution in [-0.4, -0.2) is 21.0 Å². The van der Waals surface area contributed by atoms with E-state index in [1.165, 1.54) is 0 Å². The van der Waals surface area contributed by atoms with Gasteiger partial charge >= 0.3 is 6.09 Å². The number of aromatic nitrogens is 3. The molecule has 0 spiro atoms. The molecule has 3 aromatic heterocycles. The summed E-state index contributed by atoms with van der Waals surface area (Å²) in [6.45, 7) is 1.96. The van der Waals surface area contributed by atoms with E-state index in [0.717, 1.165) is 5.56 Å². The Hall–Kier alpha value is -3.74. The number of anilines is 1. The number of hydrogen-bond donors (Lipinski definition) is 1. The molecule has 1 amide bonds. The topological polar surface area (TPSA) is 90.1 Å². The van der Waals surface area contributed by atoms with Gasteiger partial charge in [0, 0.05) is 18.0 Å². The number of aryl methyl sites for hydroxylation is 1. The minimum atomic E-state index is -0.627. The fourth-order valence-corrected chi connectivity index (χ4v) is 2.37. The number of benzene rings is 1. The first-order valence-electron chi connectivity index (χ1n) is 7.91. The minimum Gasteiger partial charge on any atom is -0.434 e. The number of amides is 1. The van der Waals surface area contributed by atoms with E-state index < -0.39 is 6.09 Å². The van der Waals surface area contributed by atoms with Crippen LogP contribution in [0.4, 0.5) is 10.6 Å². The predicted molar refractivity (Wildman–Crippen MR) is 95.9 cm³/mol. The third kappa shape index (κ3) is 3.36. The Bertz CT molecular complexity index is 1040. The van der Waals surface area contributed by atoms with Gasteiger partial charge < -0.3 is 9.15 Å². The first-order chi connectivity index (χ1) is 12.7. The van der Waals surface area contributed by atoms with Gasteiger partial charge in [-0.2, -0.15) is 4.98 Å². The van der Waals surface area contributed by atoms with Crippen molar-refractivity contribution in [3.63, 3.8) is 0 Å². The SMILES string of the molecule is Cc1ccc(OC(=O)Nc2cc(-c3nc4ncccc4o3)ccn2)cc1. The zero-order chi connectivity index (χ0) is 17.9. The summed E-state index contributed by atoms with van der Waals surface area (Å²) in [5.74, 6) is 1.18. The number of ether oxygens (including phenoxy) is 1. The number of hydrogen-bond acceptors (Lipinski definition) is 6. The molecule has 0 bridgehead atoms. The van der Waals surface area contributed by atoms with Crippen molar-refractivity contribution in [2.45, 2.75) is 6.92 Å². The molecule has 4 aromatic rings. The maximum absolute atomic E-state index is 12.0. The van der Waals surface area contributed by atoms with E-state index in [1.807, 2.05) is 19.1 Å². The van der Waals surface area contributed by atoms with E-state index >= 15 is 0 Å². The zero-order valence-electron chi connectivity index (χ0n) is 13.8. The quantitative estimate of drug-likeness (QED) is 0.598. The largest absolute Gasteiger partial charge is 0.434 e. The van der Waals surface area contributed by atoms with Gasteiger partial charge in [-0.05, 0) is 43.3 Å². The van der Waals surface area contributed by atoms with E-state index in [1.54, 1.807) is 48.8 Å². The van der Waals surface area contributed by atoms with Crippen LogP contribution in [0, 0.1) is 6.92 Å². The van der Waals surface area contributed by atoms with Crippen LogP contribution in [0.3, 0.4) is 0 Å². The van der Waals surface area contributed by atoms with Crippen LogP contribution in [-0.2, 0) is 0 Å². The number of carbonyl (C=O) groups is 1. The van der Waals surface area contributed by atoms with Gasteiger partial charge in [0.1, 0.15) is 11.6 Å². The van der Waals surface area contributed by atoms with Crippen molar-refractivity contribution in [3.8, 4) is 17.2 Å². The molecule has 1 N–H and O–H groups in total. The van der Waals surface area contributed by atoms with Gasteiger partial charge in [0.05, 0.1) is 0 Å². The second kappa shape index (κ2) is 6.64. The summed E-state index contributed by atoms with van der Waals surface area (Å²) in [5, 5.41) is 2.59. The van der Waals surface area contributed by atoms with Crippen LogP contribution in [0.5, 0.6) is 5.75 Å². The number of rotatable bonds is 3. The Balaban J connectivity index is 1.51. The highest BCUT2D eigenvalue weighted by Crippen LogP contribution is 2.24. The van der Waals surface area contributed by atoms with Gasteiger partial charge in [-0.3, -0.25) is 5.32 Å². The molecule has 0 fully saturated rings. The van der Waals surface area contributed by atoms with E-state index in [-0.39, 0.29) is 0 Å². The number of nitrogens with one attached hydrogen (secondary N) is 1. The van der Waals surface area contributed by atoms with Gasteiger partial charge in [-0.25, -0.2) is 14.8 Å². The second-order valence-electron chi connectivity index (χ2n) is 5.60. The molecule has 7 heteroatoms. The van der Waals surface area contributed by atoms with Crippen molar-refractivity contribution in [1.29, 1.82) is 0 Å². The molecule has 0 aliphatic carbocycles. The maximum Gasteiger partial charge on any atom is 0.418 e. The molecule has 7 nitrogen and oxygen atoms in total. The maximum atomic E-state index is 12.0. The summed E-state index contributed by atoms with van der Waals surface area (Å²) in [6.07, 6.45) is 2.58. The average molecular weight is 346 g/mol. The van der Waals surface area contributed by atoms with Crippen molar-refractivity contribution in [2.24, 2.45) is 0 Å².